The molecule has 6 nitrogen and oxygen atoms in total. The molecular weight excluding hydrogens is 366 g/mol. The first-order chi connectivity index (χ1) is 14.1. The molecule has 146 valence electrons. The topological polar surface area (TPSA) is 76.3 Å². The summed E-state index contributed by atoms with van der Waals surface area (Å²) >= 11 is 0. The van der Waals surface area contributed by atoms with Crippen molar-refractivity contribution in [2.75, 3.05) is 6.54 Å². The van der Waals surface area contributed by atoms with Crippen molar-refractivity contribution in [2.24, 2.45) is 0 Å². The average Bonchev–Trinajstić information content (AvgIpc) is 2.76. The van der Waals surface area contributed by atoms with Gasteiger partial charge in [-0.25, -0.2) is 0 Å². The van der Waals surface area contributed by atoms with E-state index in [-0.39, 0.29) is 11.6 Å². The number of nitro groups is 1. The lowest BCUT2D eigenvalue weighted by atomic mass is 10.1. The number of non-ortho nitro benzene ring substituents is 1. The Morgan fingerprint density at radius 2 is 1.72 bits per heavy atom. The molecule has 0 saturated carbocycles. The molecule has 0 saturated heterocycles. The van der Waals surface area contributed by atoms with Gasteiger partial charge in [-0.3, -0.25) is 19.9 Å². The van der Waals surface area contributed by atoms with E-state index in [1.54, 1.807) is 29.3 Å². The molecule has 0 spiro atoms. The van der Waals surface area contributed by atoms with E-state index in [0.717, 1.165) is 16.8 Å². The molecule has 1 amide bonds. The van der Waals surface area contributed by atoms with Gasteiger partial charge in [-0.15, -0.1) is 0 Å². The summed E-state index contributed by atoms with van der Waals surface area (Å²) in [7, 11) is 0. The second kappa shape index (κ2) is 9.94. The third-order valence-corrected chi connectivity index (χ3v) is 4.41. The lowest BCUT2D eigenvalue weighted by Gasteiger charge is -2.21. The number of hydrogen-bond donors (Lipinski definition) is 0. The van der Waals surface area contributed by atoms with Gasteiger partial charge in [0.25, 0.3) is 5.69 Å². The minimum absolute atomic E-state index is 0.0227. The Labute approximate surface area is 169 Å². The van der Waals surface area contributed by atoms with E-state index >= 15 is 0 Å². The summed E-state index contributed by atoms with van der Waals surface area (Å²) in [5, 5.41) is 10.8. The number of aromatic nitrogens is 1. The number of nitro benzene ring substituents is 1. The summed E-state index contributed by atoms with van der Waals surface area (Å²) in [5.41, 5.74) is 2.73. The second-order valence-corrected chi connectivity index (χ2v) is 6.50. The van der Waals surface area contributed by atoms with Gasteiger partial charge in [0, 0.05) is 49.6 Å². The van der Waals surface area contributed by atoms with Crippen molar-refractivity contribution in [3.63, 3.8) is 0 Å². The molecule has 3 rings (SSSR count). The molecule has 0 aliphatic heterocycles. The number of carbonyl (C=O) groups is 1. The first-order valence-electron chi connectivity index (χ1n) is 9.27. The van der Waals surface area contributed by atoms with Gasteiger partial charge in [-0.05, 0) is 41.5 Å². The van der Waals surface area contributed by atoms with Crippen LogP contribution in [0.15, 0.2) is 85.1 Å². The van der Waals surface area contributed by atoms with Crippen molar-refractivity contribution in [3.8, 4) is 0 Å². The number of benzene rings is 2. The molecule has 0 fully saturated rings. The smallest absolute Gasteiger partial charge is 0.269 e. The summed E-state index contributed by atoms with van der Waals surface area (Å²) in [5.74, 6) is -0.122. The van der Waals surface area contributed by atoms with Crippen molar-refractivity contribution in [1.29, 1.82) is 0 Å². The molecular formula is C23H21N3O3. The molecule has 29 heavy (non-hydrogen) atoms. The van der Waals surface area contributed by atoms with Crippen LogP contribution in [0.25, 0.3) is 6.08 Å². The maximum absolute atomic E-state index is 12.8. The van der Waals surface area contributed by atoms with Crippen LogP contribution in [0.2, 0.25) is 0 Å². The number of hydrogen-bond acceptors (Lipinski definition) is 4. The van der Waals surface area contributed by atoms with Crippen LogP contribution in [-0.2, 0) is 17.8 Å². The lowest BCUT2D eigenvalue weighted by Crippen LogP contribution is -2.31. The largest absolute Gasteiger partial charge is 0.334 e. The quantitative estimate of drug-likeness (QED) is 0.328. The van der Waals surface area contributed by atoms with E-state index in [1.165, 1.54) is 18.2 Å². The summed E-state index contributed by atoms with van der Waals surface area (Å²) < 4.78 is 0. The molecule has 0 N–H and O–H groups in total. The second-order valence-electron chi connectivity index (χ2n) is 6.50. The number of pyridine rings is 1. The maximum Gasteiger partial charge on any atom is 0.269 e. The minimum Gasteiger partial charge on any atom is -0.334 e. The van der Waals surface area contributed by atoms with E-state index in [0.29, 0.717) is 19.5 Å². The average molecular weight is 387 g/mol. The summed E-state index contributed by atoms with van der Waals surface area (Å²) in [6.07, 6.45) is 5.57. The SMILES string of the molecule is O=C(/C=C/c1ccc([N+](=O)[O-])cc1)N(CCc1ccccn1)Cc1ccccc1. The standard InChI is InChI=1S/C23H21N3O3/c27-23(14-11-19-9-12-22(13-10-19)26(28)29)25(18-20-6-2-1-3-7-20)17-15-21-8-4-5-16-24-21/h1-14,16H,15,17-18H2/b14-11+. The predicted octanol–water partition coefficient (Wildman–Crippen LogP) is 4.27. The highest BCUT2D eigenvalue weighted by Crippen LogP contribution is 2.13. The van der Waals surface area contributed by atoms with Crippen molar-refractivity contribution < 1.29 is 9.72 Å². The number of rotatable bonds is 8. The van der Waals surface area contributed by atoms with E-state index in [2.05, 4.69) is 4.98 Å². The van der Waals surface area contributed by atoms with Gasteiger partial charge in [0.1, 0.15) is 0 Å². The van der Waals surface area contributed by atoms with Crippen molar-refractivity contribution in [1.82, 2.24) is 9.88 Å². The van der Waals surface area contributed by atoms with Gasteiger partial charge in [-0.2, -0.15) is 0 Å². The molecule has 3 aromatic rings. The normalized spacial score (nSPS) is 10.8. The molecule has 0 radical (unpaired) electrons. The van der Waals surface area contributed by atoms with E-state index in [4.69, 9.17) is 0 Å². The first-order valence-corrected chi connectivity index (χ1v) is 9.27. The zero-order chi connectivity index (χ0) is 20.5. The monoisotopic (exact) mass is 387 g/mol. The molecule has 1 heterocycles. The number of nitrogens with zero attached hydrogens (tertiary/aromatic N) is 3. The van der Waals surface area contributed by atoms with Gasteiger partial charge in [0.2, 0.25) is 5.91 Å². The third kappa shape index (κ3) is 6.10. The maximum atomic E-state index is 12.8. The summed E-state index contributed by atoms with van der Waals surface area (Å²) in [6.45, 7) is 1.03. The Hall–Kier alpha value is -3.80. The van der Waals surface area contributed by atoms with Crippen LogP contribution in [0, 0.1) is 10.1 Å². The highest BCUT2D eigenvalue weighted by atomic mass is 16.6. The Morgan fingerprint density at radius 3 is 2.38 bits per heavy atom. The van der Waals surface area contributed by atoms with Gasteiger partial charge in [-0.1, -0.05) is 36.4 Å². The Bertz CT molecular complexity index is 971. The van der Waals surface area contributed by atoms with Crippen LogP contribution in [0.5, 0.6) is 0 Å². The molecule has 0 aliphatic carbocycles. The van der Waals surface area contributed by atoms with Crippen LogP contribution >= 0.6 is 0 Å². The minimum atomic E-state index is -0.447. The molecule has 1 aromatic heterocycles. The fourth-order valence-electron chi connectivity index (χ4n) is 2.85. The highest BCUT2D eigenvalue weighted by molar-refractivity contribution is 5.91. The van der Waals surface area contributed by atoms with E-state index in [1.807, 2.05) is 48.5 Å². The zero-order valence-electron chi connectivity index (χ0n) is 15.8. The van der Waals surface area contributed by atoms with Crippen LogP contribution in [0.3, 0.4) is 0 Å². The van der Waals surface area contributed by atoms with Crippen LogP contribution in [0.4, 0.5) is 5.69 Å². The Kier molecular flexibility index (Phi) is 6.84. The fraction of sp³-hybridized carbons (Fsp3) is 0.130. The highest BCUT2D eigenvalue weighted by Gasteiger charge is 2.12. The number of carbonyl (C=O) groups excluding carboxylic acids is 1. The molecule has 0 bridgehead atoms. The van der Waals surface area contributed by atoms with E-state index in [9.17, 15) is 14.9 Å². The van der Waals surface area contributed by atoms with Crippen LogP contribution < -0.4 is 0 Å². The molecule has 0 aliphatic rings. The van der Waals surface area contributed by atoms with Gasteiger partial charge in [0.15, 0.2) is 0 Å². The fourth-order valence-corrected chi connectivity index (χ4v) is 2.85. The first kappa shape index (κ1) is 19.9. The molecule has 6 heteroatoms. The van der Waals surface area contributed by atoms with E-state index < -0.39 is 4.92 Å². The van der Waals surface area contributed by atoms with Crippen LogP contribution in [0.1, 0.15) is 16.8 Å². The lowest BCUT2D eigenvalue weighted by molar-refractivity contribution is -0.384. The van der Waals surface area contributed by atoms with Gasteiger partial charge >= 0.3 is 0 Å². The Balaban J connectivity index is 1.71. The van der Waals surface area contributed by atoms with Gasteiger partial charge < -0.3 is 4.90 Å². The van der Waals surface area contributed by atoms with Crippen LogP contribution in [-0.4, -0.2) is 27.3 Å². The van der Waals surface area contributed by atoms with Gasteiger partial charge in [0.05, 0.1) is 4.92 Å². The Morgan fingerprint density at radius 1 is 1.00 bits per heavy atom. The third-order valence-electron chi connectivity index (χ3n) is 4.41. The predicted molar refractivity (Wildman–Crippen MR) is 112 cm³/mol. The summed E-state index contributed by atoms with van der Waals surface area (Å²) in [4.78, 5) is 29.2. The number of amides is 1. The van der Waals surface area contributed by atoms with Crippen molar-refractivity contribution in [2.45, 2.75) is 13.0 Å². The molecule has 0 unspecified atom stereocenters. The molecule has 2 aromatic carbocycles. The summed E-state index contributed by atoms with van der Waals surface area (Å²) in [6, 6.07) is 21.6. The van der Waals surface area contributed by atoms with Crippen molar-refractivity contribution >= 4 is 17.7 Å². The van der Waals surface area contributed by atoms with Crippen molar-refractivity contribution in [3.05, 3.63) is 112 Å². The molecule has 0 atom stereocenters. The zero-order valence-corrected chi connectivity index (χ0v) is 15.8.